The number of carbonyl (C=O) groups excluding carboxylic acids is 2. The van der Waals surface area contributed by atoms with Gasteiger partial charge >= 0.3 is 0 Å². The molecule has 0 unspecified atom stereocenters. The van der Waals surface area contributed by atoms with Gasteiger partial charge in [-0.1, -0.05) is 24.3 Å². The van der Waals surface area contributed by atoms with Crippen LogP contribution in [0.25, 0.3) is 0 Å². The molecule has 1 aliphatic heterocycles. The molecular formula is C15H10O3. The number of carbonyl (C=O) groups is 2. The minimum Gasteiger partial charge on any atom is -0.368 e. The Labute approximate surface area is 103 Å². The van der Waals surface area contributed by atoms with Crippen LogP contribution < -0.4 is 0 Å². The quantitative estimate of drug-likeness (QED) is 0.647. The van der Waals surface area contributed by atoms with E-state index in [-0.39, 0.29) is 35.6 Å². The second kappa shape index (κ2) is 2.64. The highest BCUT2D eigenvalue weighted by atomic mass is 16.6. The molecule has 3 nitrogen and oxygen atoms in total. The Balaban J connectivity index is 1.79. The molecule has 4 atom stereocenters. The normalized spacial score (nSPS) is 38.7. The molecule has 0 aromatic heterocycles. The standard InChI is InChI=1S/C15H10O3/c16-12-6-3-1-2-4-7(6)13(17)11-9-5-8(10(11)12)14-15(9)18-14/h1-4,8-9,14-15H,5H2/t8-,9+,14+,15-. The number of fused-ring (bicyclic) bond motifs is 8. The third-order valence-electron chi connectivity index (χ3n) is 4.80. The van der Waals surface area contributed by atoms with E-state index < -0.39 is 0 Å². The zero-order valence-corrected chi connectivity index (χ0v) is 9.55. The average molecular weight is 238 g/mol. The number of ether oxygens (including phenoxy) is 1. The van der Waals surface area contributed by atoms with Crippen molar-refractivity contribution in [3.05, 3.63) is 46.5 Å². The van der Waals surface area contributed by atoms with Gasteiger partial charge in [-0.3, -0.25) is 9.59 Å². The van der Waals surface area contributed by atoms with Crippen molar-refractivity contribution in [1.82, 2.24) is 0 Å². The molecule has 1 saturated heterocycles. The third-order valence-corrected chi connectivity index (χ3v) is 4.80. The van der Waals surface area contributed by atoms with E-state index in [2.05, 4.69) is 0 Å². The van der Waals surface area contributed by atoms with Gasteiger partial charge in [0.05, 0.1) is 12.2 Å². The first-order valence-electron chi connectivity index (χ1n) is 6.35. The molecule has 1 heterocycles. The molecule has 5 rings (SSSR count). The SMILES string of the molecule is O=C1C2=C(C(=O)c3ccccc31)[C@@H]1C[C@H]2[C@@H]2O[C@@H]21. The van der Waals surface area contributed by atoms with Gasteiger partial charge in [0.25, 0.3) is 0 Å². The first-order chi connectivity index (χ1) is 8.77. The van der Waals surface area contributed by atoms with Crippen molar-refractivity contribution in [1.29, 1.82) is 0 Å². The number of epoxide rings is 1. The van der Waals surface area contributed by atoms with Crippen LogP contribution in [0, 0.1) is 11.8 Å². The van der Waals surface area contributed by atoms with Gasteiger partial charge in [0.15, 0.2) is 11.6 Å². The van der Waals surface area contributed by atoms with E-state index >= 15 is 0 Å². The van der Waals surface area contributed by atoms with Gasteiger partial charge in [-0.25, -0.2) is 0 Å². The molecule has 18 heavy (non-hydrogen) atoms. The van der Waals surface area contributed by atoms with Crippen molar-refractivity contribution >= 4 is 11.6 Å². The molecule has 3 aliphatic carbocycles. The summed E-state index contributed by atoms with van der Waals surface area (Å²) in [5.41, 5.74) is 2.68. The highest BCUT2D eigenvalue weighted by molar-refractivity contribution is 6.28. The highest BCUT2D eigenvalue weighted by Gasteiger charge is 2.66. The summed E-state index contributed by atoms with van der Waals surface area (Å²) in [6, 6.07) is 7.16. The molecule has 0 N–H and O–H groups in total. The molecule has 1 saturated carbocycles. The van der Waals surface area contributed by atoms with Crippen molar-refractivity contribution in [2.24, 2.45) is 11.8 Å². The van der Waals surface area contributed by atoms with Crippen molar-refractivity contribution in [3.63, 3.8) is 0 Å². The van der Waals surface area contributed by atoms with Gasteiger partial charge in [0.2, 0.25) is 0 Å². The van der Waals surface area contributed by atoms with E-state index in [1.807, 2.05) is 12.1 Å². The summed E-state index contributed by atoms with van der Waals surface area (Å²) in [4.78, 5) is 25.1. The highest BCUT2D eigenvalue weighted by Crippen LogP contribution is 2.60. The molecule has 4 aliphatic rings. The number of hydrogen-bond acceptors (Lipinski definition) is 3. The van der Waals surface area contributed by atoms with Crippen LogP contribution in [0.3, 0.4) is 0 Å². The Morgan fingerprint density at radius 2 is 1.39 bits per heavy atom. The second-order valence-corrected chi connectivity index (χ2v) is 5.55. The molecule has 0 spiro atoms. The fourth-order valence-corrected chi connectivity index (χ4v) is 4.04. The van der Waals surface area contributed by atoms with Gasteiger partial charge in [0, 0.05) is 34.1 Å². The minimum absolute atomic E-state index is 0.0571. The fourth-order valence-electron chi connectivity index (χ4n) is 4.04. The maximum Gasteiger partial charge on any atom is 0.190 e. The van der Waals surface area contributed by atoms with E-state index in [1.165, 1.54) is 0 Å². The van der Waals surface area contributed by atoms with Crippen molar-refractivity contribution in [3.8, 4) is 0 Å². The monoisotopic (exact) mass is 238 g/mol. The molecule has 0 radical (unpaired) electrons. The molecular weight excluding hydrogens is 228 g/mol. The summed E-state index contributed by atoms with van der Waals surface area (Å²) in [6.45, 7) is 0. The van der Waals surface area contributed by atoms with E-state index in [4.69, 9.17) is 4.74 Å². The summed E-state index contributed by atoms with van der Waals surface area (Å²) in [5.74, 6) is 0.475. The molecule has 1 aromatic carbocycles. The topological polar surface area (TPSA) is 46.7 Å². The van der Waals surface area contributed by atoms with Crippen LogP contribution in [0.15, 0.2) is 35.4 Å². The first-order valence-corrected chi connectivity index (χ1v) is 6.35. The number of hydrogen-bond donors (Lipinski definition) is 0. The van der Waals surface area contributed by atoms with E-state index in [1.54, 1.807) is 12.1 Å². The third kappa shape index (κ3) is 0.821. The average Bonchev–Trinajstić information content (AvgIpc) is 3.02. The Kier molecular flexibility index (Phi) is 1.35. The molecule has 2 fully saturated rings. The predicted molar refractivity (Wildman–Crippen MR) is 62.4 cm³/mol. The Bertz CT molecular complexity index is 615. The van der Waals surface area contributed by atoms with Gasteiger partial charge in [-0.2, -0.15) is 0 Å². The van der Waals surface area contributed by atoms with E-state index in [0.717, 1.165) is 17.6 Å². The predicted octanol–water partition coefficient (Wildman–Crippen LogP) is 1.78. The number of rotatable bonds is 0. The second-order valence-electron chi connectivity index (χ2n) is 5.55. The minimum atomic E-state index is 0.0571. The molecule has 0 amide bonds. The lowest BCUT2D eigenvalue weighted by atomic mass is 9.77. The molecule has 1 aromatic rings. The molecule has 88 valence electrons. The zero-order chi connectivity index (χ0) is 12.0. The lowest BCUT2D eigenvalue weighted by Gasteiger charge is -2.22. The van der Waals surface area contributed by atoms with Crippen molar-refractivity contribution in [2.45, 2.75) is 18.6 Å². The number of benzene rings is 1. The van der Waals surface area contributed by atoms with Gasteiger partial charge in [-0.05, 0) is 6.42 Å². The summed E-state index contributed by atoms with van der Waals surface area (Å²) < 4.78 is 5.58. The summed E-state index contributed by atoms with van der Waals surface area (Å²) in [7, 11) is 0. The van der Waals surface area contributed by atoms with Crippen molar-refractivity contribution in [2.75, 3.05) is 0 Å². The van der Waals surface area contributed by atoms with Crippen LogP contribution in [-0.4, -0.2) is 23.8 Å². The van der Waals surface area contributed by atoms with Crippen LogP contribution in [0.1, 0.15) is 27.1 Å². The zero-order valence-electron chi connectivity index (χ0n) is 9.55. The van der Waals surface area contributed by atoms with Gasteiger partial charge < -0.3 is 4.74 Å². The van der Waals surface area contributed by atoms with Crippen LogP contribution in [0.2, 0.25) is 0 Å². The van der Waals surface area contributed by atoms with Crippen molar-refractivity contribution < 1.29 is 14.3 Å². The number of Topliss-reactive ketones (excluding diaryl/α,β-unsaturated/α-hetero) is 2. The fraction of sp³-hybridized carbons (Fsp3) is 0.333. The summed E-state index contributed by atoms with van der Waals surface area (Å²) in [5, 5.41) is 0. The van der Waals surface area contributed by atoms with Gasteiger partial charge in [-0.15, -0.1) is 0 Å². The summed E-state index contributed by atoms with van der Waals surface area (Å²) in [6.07, 6.45) is 1.37. The maximum atomic E-state index is 12.5. The lowest BCUT2D eigenvalue weighted by molar-refractivity contribution is 0.0965. The van der Waals surface area contributed by atoms with E-state index in [9.17, 15) is 9.59 Å². The Hall–Kier alpha value is -1.74. The van der Waals surface area contributed by atoms with Crippen LogP contribution in [-0.2, 0) is 4.74 Å². The molecule has 3 heteroatoms. The smallest absolute Gasteiger partial charge is 0.190 e. The lowest BCUT2D eigenvalue weighted by Crippen LogP contribution is -2.28. The van der Waals surface area contributed by atoms with Crippen LogP contribution in [0.5, 0.6) is 0 Å². The summed E-state index contributed by atoms with van der Waals surface area (Å²) >= 11 is 0. The Morgan fingerprint density at radius 1 is 0.889 bits per heavy atom. The van der Waals surface area contributed by atoms with Gasteiger partial charge in [0.1, 0.15) is 0 Å². The largest absolute Gasteiger partial charge is 0.368 e. The maximum absolute atomic E-state index is 12.5. The number of ketones is 2. The van der Waals surface area contributed by atoms with Crippen LogP contribution in [0.4, 0.5) is 0 Å². The molecule has 2 bridgehead atoms. The Morgan fingerprint density at radius 3 is 1.89 bits per heavy atom. The van der Waals surface area contributed by atoms with E-state index in [0.29, 0.717) is 11.1 Å². The van der Waals surface area contributed by atoms with Crippen LogP contribution >= 0.6 is 0 Å². The first kappa shape index (κ1) is 9.22.